The van der Waals surface area contributed by atoms with Crippen LogP contribution in [0.3, 0.4) is 0 Å². The molecule has 0 aliphatic heterocycles. The topological polar surface area (TPSA) is 95.5 Å². The number of hydrogen-bond acceptors (Lipinski definition) is 4. The highest BCUT2D eigenvalue weighted by Gasteiger charge is 2.22. The molecule has 19 heavy (non-hydrogen) atoms. The molecule has 2 N–H and O–H groups in total. The minimum Gasteiger partial charge on any atom is -0.449 e. The summed E-state index contributed by atoms with van der Waals surface area (Å²) in [5, 5.41) is 11.0. The molecule has 0 heterocycles. The second-order valence-electron chi connectivity index (χ2n) is 3.69. The number of primary amides is 1. The van der Waals surface area contributed by atoms with Gasteiger partial charge >= 0.3 is 5.69 Å². The Hall–Kier alpha value is -2.89. The van der Waals surface area contributed by atoms with Crippen molar-refractivity contribution < 1.29 is 14.5 Å². The van der Waals surface area contributed by atoms with E-state index in [4.69, 9.17) is 10.5 Å². The van der Waals surface area contributed by atoms with E-state index < -0.39 is 10.8 Å². The maximum Gasteiger partial charge on any atom is 0.312 e. The van der Waals surface area contributed by atoms with Crippen LogP contribution >= 0.6 is 0 Å². The molecule has 0 aliphatic rings. The van der Waals surface area contributed by atoms with Crippen molar-refractivity contribution in [3.05, 3.63) is 64.2 Å². The number of benzene rings is 2. The Morgan fingerprint density at radius 1 is 1.11 bits per heavy atom. The van der Waals surface area contributed by atoms with Gasteiger partial charge in [0.05, 0.1) is 10.5 Å². The normalized spacial score (nSPS) is 9.89. The molecule has 0 fully saturated rings. The Morgan fingerprint density at radius 2 is 1.79 bits per heavy atom. The Morgan fingerprint density at radius 3 is 2.37 bits per heavy atom. The number of carbonyl (C=O) groups is 1. The number of nitro groups is 1. The van der Waals surface area contributed by atoms with E-state index >= 15 is 0 Å². The average Bonchev–Trinajstić information content (AvgIpc) is 2.39. The van der Waals surface area contributed by atoms with Crippen molar-refractivity contribution in [2.24, 2.45) is 5.73 Å². The maximum absolute atomic E-state index is 11.3. The van der Waals surface area contributed by atoms with Crippen LogP contribution in [0.15, 0.2) is 48.5 Å². The Balaban J connectivity index is 2.52. The molecule has 6 nitrogen and oxygen atoms in total. The predicted octanol–water partition coefficient (Wildman–Crippen LogP) is 2.49. The highest BCUT2D eigenvalue weighted by molar-refractivity contribution is 5.97. The molecule has 0 spiro atoms. The fourth-order valence-corrected chi connectivity index (χ4v) is 1.58. The second kappa shape index (κ2) is 5.18. The highest BCUT2D eigenvalue weighted by atomic mass is 16.6. The number of nitro benzene ring substituents is 1. The zero-order valence-corrected chi connectivity index (χ0v) is 9.78. The Bertz CT molecular complexity index is 594. The first-order valence-corrected chi connectivity index (χ1v) is 5.39. The van der Waals surface area contributed by atoms with E-state index in [2.05, 4.69) is 0 Å². The van der Waals surface area contributed by atoms with Crippen LogP contribution in [0.5, 0.6) is 11.5 Å². The van der Waals surface area contributed by atoms with E-state index in [9.17, 15) is 14.9 Å². The van der Waals surface area contributed by atoms with Gasteiger partial charge in [-0.05, 0) is 18.2 Å². The smallest absolute Gasteiger partial charge is 0.312 e. The number of ether oxygens (including phenoxy) is 1. The zero-order valence-electron chi connectivity index (χ0n) is 9.78. The number of nitrogens with two attached hydrogens (primary N) is 1. The van der Waals surface area contributed by atoms with Crippen molar-refractivity contribution in [3.8, 4) is 11.5 Å². The largest absolute Gasteiger partial charge is 0.449 e. The van der Waals surface area contributed by atoms with Gasteiger partial charge in [0.1, 0.15) is 5.75 Å². The number of amides is 1. The second-order valence-corrected chi connectivity index (χ2v) is 3.69. The van der Waals surface area contributed by atoms with E-state index in [-0.39, 0.29) is 17.0 Å². The van der Waals surface area contributed by atoms with Gasteiger partial charge in [0.2, 0.25) is 5.75 Å². The summed E-state index contributed by atoms with van der Waals surface area (Å²) in [6, 6.07) is 12.5. The molecule has 0 aliphatic carbocycles. The Kier molecular flexibility index (Phi) is 3.42. The summed E-state index contributed by atoms with van der Waals surface area (Å²) in [6.45, 7) is 0. The molecule has 2 aromatic carbocycles. The van der Waals surface area contributed by atoms with Gasteiger partial charge in [-0.15, -0.1) is 0 Å². The van der Waals surface area contributed by atoms with Crippen LogP contribution in [0.1, 0.15) is 10.4 Å². The number of nitrogens with zero attached hydrogens (tertiary/aromatic N) is 1. The lowest BCUT2D eigenvalue weighted by Crippen LogP contribution is -2.13. The third-order valence-corrected chi connectivity index (χ3v) is 2.42. The van der Waals surface area contributed by atoms with Gasteiger partial charge in [0.15, 0.2) is 0 Å². The van der Waals surface area contributed by atoms with Crippen molar-refractivity contribution in [2.75, 3.05) is 0 Å². The van der Waals surface area contributed by atoms with E-state index in [1.54, 1.807) is 30.3 Å². The molecule has 0 unspecified atom stereocenters. The standard InChI is InChI=1S/C13H10N2O4/c14-13(16)10-7-4-8-11(15(17)18)12(10)19-9-5-2-1-3-6-9/h1-8H,(H2,14,16). The Labute approximate surface area is 108 Å². The summed E-state index contributed by atoms with van der Waals surface area (Å²) in [7, 11) is 0. The number of para-hydroxylation sites is 2. The fraction of sp³-hybridized carbons (Fsp3) is 0. The summed E-state index contributed by atoms with van der Waals surface area (Å²) >= 11 is 0. The lowest BCUT2D eigenvalue weighted by molar-refractivity contribution is -0.385. The molecule has 2 rings (SSSR count). The maximum atomic E-state index is 11.3. The van der Waals surface area contributed by atoms with E-state index in [1.807, 2.05) is 0 Å². The minimum atomic E-state index is -0.783. The molecule has 0 saturated heterocycles. The van der Waals surface area contributed by atoms with Crippen LogP contribution in [0.2, 0.25) is 0 Å². The fourth-order valence-electron chi connectivity index (χ4n) is 1.58. The lowest BCUT2D eigenvalue weighted by atomic mass is 10.1. The van der Waals surface area contributed by atoms with Gasteiger partial charge in [0, 0.05) is 6.07 Å². The third-order valence-electron chi connectivity index (χ3n) is 2.42. The molecule has 0 atom stereocenters. The lowest BCUT2D eigenvalue weighted by Gasteiger charge is -2.09. The summed E-state index contributed by atoms with van der Waals surface area (Å²) in [6.07, 6.45) is 0. The molecule has 1 amide bonds. The molecular weight excluding hydrogens is 248 g/mol. The van der Waals surface area contributed by atoms with Crippen molar-refractivity contribution >= 4 is 11.6 Å². The van der Waals surface area contributed by atoms with Crippen LogP contribution in [0.25, 0.3) is 0 Å². The molecule has 0 bridgehead atoms. The van der Waals surface area contributed by atoms with Crippen molar-refractivity contribution in [3.63, 3.8) is 0 Å². The molecule has 0 saturated carbocycles. The first kappa shape index (κ1) is 12.6. The number of carbonyl (C=O) groups excluding carboxylic acids is 1. The number of rotatable bonds is 4. The van der Waals surface area contributed by atoms with Crippen LogP contribution in [0.4, 0.5) is 5.69 Å². The van der Waals surface area contributed by atoms with Crippen LogP contribution < -0.4 is 10.5 Å². The molecule has 6 heteroatoms. The van der Waals surface area contributed by atoms with Crippen LogP contribution in [-0.2, 0) is 0 Å². The summed E-state index contributed by atoms with van der Waals surface area (Å²) in [4.78, 5) is 21.6. The van der Waals surface area contributed by atoms with Crippen molar-refractivity contribution in [2.45, 2.75) is 0 Å². The minimum absolute atomic E-state index is 0.0296. The first-order chi connectivity index (χ1) is 9.09. The van der Waals surface area contributed by atoms with Crippen molar-refractivity contribution in [1.29, 1.82) is 0 Å². The molecule has 96 valence electrons. The predicted molar refractivity (Wildman–Crippen MR) is 68.1 cm³/mol. The number of hydrogen-bond donors (Lipinski definition) is 1. The molecular formula is C13H10N2O4. The monoisotopic (exact) mass is 258 g/mol. The van der Waals surface area contributed by atoms with E-state index in [0.717, 1.165) is 0 Å². The van der Waals surface area contributed by atoms with Gasteiger partial charge in [0.25, 0.3) is 5.91 Å². The SMILES string of the molecule is NC(=O)c1cccc([N+](=O)[O-])c1Oc1ccccc1. The van der Waals surface area contributed by atoms with Gasteiger partial charge in [-0.2, -0.15) is 0 Å². The van der Waals surface area contributed by atoms with E-state index in [1.165, 1.54) is 18.2 Å². The summed E-state index contributed by atoms with van der Waals surface area (Å²) in [5.41, 5.74) is 4.86. The van der Waals surface area contributed by atoms with Crippen LogP contribution in [0, 0.1) is 10.1 Å². The van der Waals surface area contributed by atoms with Crippen molar-refractivity contribution in [1.82, 2.24) is 0 Å². The van der Waals surface area contributed by atoms with Gasteiger partial charge in [-0.25, -0.2) is 0 Å². The summed E-state index contributed by atoms with van der Waals surface area (Å²) in [5.74, 6) is -0.542. The molecule has 2 aromatic rings. The third kappa shape index (κ3) is 2.68. The summed E-state index contributed by atoms with van der Waals surface area (Å²) < 4.78 is 5.42. The van der Waals surface area contributed by atoms with Gasteiger partial charge in [-0.3, -0.25) is 14.9 Å². The average molecular weight is 258 g/mol. The molecule has 0 radical (unpaired) electrons. The van der Waals surface area contributed by atoms with Gasteiger partial charge < -0.3 is 10.5 Å². The quantitative estimate of drug-likeness (QED) is 0.673. The molecule has 0 aromatic heterocycles. The van der Waals surface area contributed by atoms with Gasteiger partial charge in [-0.1, -0.05) is 24.3 Å². The first-order valence-electron chi connectivity index (χ1n) is 5.39. The van der Waals surface area contributed by atoms with E-state index in [0.29, 0.717) is 5.75 Å². The highest BCUT2D eigenvalue weighted by Crippen LogP contribution is 2.34. The van der Waals surface area contributed by atoms with Crippen LogP contribution in [-0.4, -0.2) is 10.8 Å². The zero-order chi connectivity index (χ0) is 13.8.